The van der Waals surface area contributed by atoms with Crippen LogP contribution in [-0.2, 0) is 14.8 Å². The van der Waals surface area contributed by atoms with Crippen LogP contribution in [-0.4, -0.2) is 39.6 Å². The van der Waals surface area contributed by atoms with Crippen LogP contribution < -0.4 is 4.72 Å². The lowest BCUT2D eigenvalue weighted by atomic mass is 10.1. The van der Waals surface area contributed by atoms with Crippen molar-refractivity contribution < 1.29 is 18.3 Å². The van der Waals surface area contributed by atoms with Crippen molar-refractivity contribution in [2.45, 2.75) is 13.3 Å². The van der Waals surface area contributed by atoms with Gasteiger partial charge in [0.25, 0.3) is 0 Å². The number of anilines is 1. The Kier molecular flexibility index (Phi) is 6.52. The number of aliphatic hydroxyl groups is 1. The Morgan fingerprint density at radius 2 is 2.10 bits per heavy atom. The normalized spacial score (nSPS) is 10.8. The van der Waals surface area contributed by atoms with Crippen LogP contribution in [0.25, 0.3) is 0 Å². The predicted molar refractivity (Wildman–Crippen MR) is 79.0 cm³/mol. The van der Waals surface area contributed by atoms with Crippen LogP contribution in [0.5, 0.6) is 0 Å². The number of aliphatic hydroxyl groups excluding tert-OH is 1. The van der Waals surface area contributed by atoms with Crippen molar-refractivity contribution in [1.82, 2.24) is 0 Å². The number of sulfonamides is 1. The zero-order chi connectivity index (χ0) is 15.0. The molecule has 1 aromatic carbocycles. The molecule has 5 nitrogen and oxygen atoms in total. The Hall–Kier alpha value is -1.55. The second kappa shape index (κ2) is 7.90. The zero-order valence-corrected chi connectivity index (χ0v) is 12.5. The largest absolute Gasteiger partial charge is 0.385 e. The molecular formula is C14H19NO4S. The van der Waals surface area contributed by atoms with Crippen LogP contribution in [0.3, 0.4) is 0 Å². The molecular weight excluding hydrogens is 278 g/mol. The fourth-order valence-corrected chi connectivity index (χ4v) is 2.76. The van der Waals surface area contributed by atoms with Gasteiger partial charge in [0.15, 0.2) is 0 Å². The molecule has 2 N–H and O–H groups in total. The summed E-state index contributed by atoms with van der Waals surface area (Å²) in [6, 6.07) is 5.20. The van der Waals surface area contributed by atoms with E-state index in [1.54, 1.807) is 12.1 Å². The maximum atomic E-state index is 11.9. The molecule has 0 saturated carbocycles. The van der Waals surface area contributed by atoms with E-state index in [0.717, 1.165) is 5.56 Å². The van der Waals surface area contributed by atoms with Crippen molar-refractivity contribution in [2.24, 2.45) is 0 Å². The second-order valence-corrected chi connectivity index (χ2v) is 6.16. The van der Waals surface area contributed by atoms with E-state index in [1.165, 1.54) is 7.11 Å². The lowest BCUT2D eigenvalue weighted by molar-refractivity contribution is 0.199. The van der Waals surface area contributed by atoms with Crippen LogP contribution in [0.15, 0.2) is 18.2 Å². The molecule has 0 spiro atoms. The molecule has 0 saturated heterocycles. The monoisotopic (exact) mass is 297 g/mol. The Morgan fingerprint density at radius 1 is 1.35 bits per heavy atom. The lowest BCUT2D eigenvalue weighted by Crippen LogP contribution is -2.17. The number of hydrogen-bond acceptors (Lipinski definition) is 4. The smallest absolute Gasteiger partial charge is 0.232 e. The van der Waals surface area contributed by atoms with Gasteiger partial charge in [0.1, 0.15) is 6.61 Å². The van der Waals surface area contributed by atoms with Gasteiger partial charge in [0.2, 0.25) is 10.0 Å². The molecule has 0 radical (unpaired) electrons. The van der Waals surface area contributed by atoms with Gasteiger partial charge < -0.3 is 9.84 Å². The van der Waals surface area contributed by atoms with Crippen LogP contribution in [0, 0.1) is 18.8 Å². The van der Waals surface area contributed by atoms with Gasteiger partial charge in [-0.3, -0.25) is 4.72 Å². The summed E-state index contributed by atoms with van der Waals surface area (Å²) in [5.41, 5.74) is 2.03. The Balaban J connectivity index is 2.83. The van der Waals surface area contributed by atoms with Gasteiger partial charge in [-0.05, 0) is 37.1 Å². The molecule has 0 atom stereocenters. The highest BCUT2D eigenvalue weighted by atomic mass is 32.2. The lowest BCUT2D eigenvalue weighted by Gasteiger charge is -2.09. The minimum Gasteiger partial charge on any atom is -0.385 e. The maximum Gasteiger partial charge on any atom is 0.232 e. The number of nitrogens with one attached hydrogen (secondary N) is 1. The molecule has 0 bridgehead atoms. The van der Waals surface area contributed by atoms with E-state index in [4.69, 9.17) is 9.84 Å². The van der Waals surface area contributed by atoms with Gasteiger partial charge in [-0.25, -0.2) is 8.42 Å². The Bertz CT molecular complexity index is 599. The number of benzene rings is 1. The van der Waals surface area contributed by atoms with E-state index >= 15 is 0 Å². The molecule has 0 aliphatic heterocycles. The molecule has 0 heterocycles. The maximum absolute atomic E-state index is 11.9. The molecule has 0 aliphatic rings. The van der Waals surface area contributed by atoms with Crippen molar-refractivity contribution >= 4 is 15.7 Å². The number of hydrogen-bond donors (Lipinski definition) is 2. The first kappa shape index (κ1) is 16.5. The van der Waals surface area contributed by atoms with Gasteiger partial charge >= 0.3 is 0 Å². The van der Waals surface area contributed by atoms with Gasteiger partial charge in [-0.15, -0.1) is 0 Å². The molecule has 1 aromatic rings. The summed E-state index contributed by atoms with van der Waals surface area (Å²) < 4.78 is 31.1. The molecule has 0 fully saturated rings. The third-order valence-corrected chi connectivity index (χ3v) is 3.80. The topological polar surface area (TPSA) is 75.6 Å². The van der Waals surface area contributed by atoms with E-state index in [1.807, 2.05) is 13.0 Å². The highest BCUT2D eigenvalue weighted by molar-refractivity contribution is 7.92. The fourth-order valence-electron chi connectivity index (χ4n) is 1.68. The number of ether oxygens (including phenoxy) is 1. The summed E-state index contributed by atoms with van der Waals surface area (Å²) in [7, 11) is -1.85. The summed E-state index contributed by atoms with van der Waals surface area (Å²) >= 11 is 0. The Labute approximate surface area is 120 Å². The first-order chi connectivity index (χ1) is 9.46. The number of aryl methyl sites for hydroxylation is 1. The summed E-state index contributed by atoms with van der Waals surface area (Å²) in [6.07, 6.45) is 0.439. The third-order valence-electron chi connectivity index (χ3n) is 2.42. The Morgan fingerprint density at radius 3 is 2.75 bits per heavy atom. The minimum absolute atomic E-state index is 0.00638. The summed E-state index contributed by atoms with van der Waals surface area (Å²) in [5, 5.41) is 8.68. The average Bonchev–Trinajstić information content (AvgIpc) is 2.35. The first-order valence-electron chi connectivity index (χ1n) is 6.17. The van der Waals surface area contributed by atoms with Gasteiger partial charge in [0, 0.05) is 25.0 Å². The highest BCUT2D eigenvalue weighted by Gasteiger charge is 2.10. The standard InChI is InChI=1S/C14H19NO4S/c1-12-9-13(5-3-6-16)11-14(10-12)15-20(17,18)8-4-7-19-2/h9-11,15-16H,4,6-8H2,1-2H3. The van der Waals surface area contributed by atoms with E-state index in [2.05, 4.69) is 16.6 Å². The minimum atomic E-state index is -3.39. The van der Waals surface area contributed by atoms with Crippen LogP contribution in [0.4, 0.5) is 5.69 Å². The fraction of sp³-hybridized carbons (Fsp3) is 0.429. The molecule has 110 valence electrons. The SMILES string of the molecule is COCCCS(=O)(=O)Nc1cc(C)cc(C#CCO)c1. The number of rotatable bonds is 6. The molecule has 6 heteroatoms. The molecule has 0 amide bonds. The van der Waals surface area contributed by atoms with E-state index in [-0.39, 0.29) is 12.4 Å². The third kappa shape index (κ3) is 6.06. The van der Waals surface area contributed by atoms with Crippen LogP contribution in [0.1, 0.15) is 17.5 Å². The van der Waals surface area contributed by atoms with Crippen LogP contribution in [0.2, 0.25) is 0 Å². The van der Waals surface area contributed by atoms with Crippen molar-refractivity contribution in [2.75, 3.05) is 30.8 Å². The summed E-state index contributed by atoms with van der Waals surface area (Å²) in [6.45, 7) is 2.03. The van der Waals surface area contributed by atoms with E-state index in [0.29, 0.717) is 24.3 Å². The van der Waals surface area contributed by atoms with Crippen molar-refractivity contribution in [3.05, 3.63) is 29.3 Å². The highest BCUT2D eigenvalue weighted by Crippen LogP contribution is 2.15. The molecule has 0 aromatic heterocycles. The van der Waals surface area contributed by atoms with Crippen LogP contribution >= 0.6 is 0 Å². The second-order valence-electron chi connectivity index (χ2n) is 4.31. The molecule has 1 rings (SSSR count). The van der Waals surface area contributed by atoms with Gasteiger partial charge in [0.05, 0.1) is 5.75 Å². The first-order valence-corrected chi connectivity index (χ1v) is 7.83. The summed E-state index contributed by atoms with van der Waals surface area (Å²) in [4.78, 5) is 0. The van der Waals surface area contributed by atoms with Crippen molar-refractivity contribution in [3.63, 3.8) is 0 Å². The molecule has 0 unspecified atom stereocenters. The van der Waals surface area contributed by atoms with Crippen molar-refractivity contribution in [3.8, 4) is 11.8 Å². The molecule has 20 heavy (non-hydrogen) atoms. The number of methoxy groups -OCH3 is 1. The van der Waals surface area contributed by atoms with E-state index in [9.17, 15) is 8.42 Å². The quantitative estimate of drug-likeness (QED) is 0.609. The van der Waals surface area contributed by atoms with Gasteiger partial charge in [-0.2, -0.15) is 0 Å². The summed E-state index contributed by atoms with van der Waals surface area (Å²) in [5.74, 6) is 5.30. The predicted octanol–water partition coefficient (Wildman–Crippen LogP) is 1.12. The average molecular weight is 297 g/mol. The van der Waals surface area contributed by atoms with E-state index < -0.39 is 10.0 Å². The van der Waals surface area contributed by atoms with Crippen molar-refractivity contribution in [1.29, 1.82) is 0 Å². The van der Waals surface area contributed by atoms with Gasteiger partial charge in [-0.1, -0.05) is 11.8 Å². The molecule has 0 aliphatic carbocycles. The zero-order valence-electron chi connectivity index (χ0n) is 11.6.